The molecule has 2 heterocycles. The van der Waals surface area contributed by atoms with E-state index in [1.54, 1.807) is 17.0 Å². The fraction of sp³-hybridized carbons (Fsp3) is 0.615. The van der Waals surface area contributed by atoms with Gasteiger partial charge in [0.1, 0.15) is 4.21 Å². The highest BCUT2D eigenvalue weighted by Gasteiger charge is 2.34. The van der Waals surface area contributed by atoms with E-state index >= 15 is 0 Å². The van der Waals surface area contributed by atoms with Crippen LogP contribution in [0.25, 0.3) is 0 Å². The lowest BCUT2D eigenvalue weighted by Gasteiger charge is -2.36. The van der Waals surface area contributed by atoms with E-state index in [1.165, 1.54) is 15.6 Å². The molecule has 0 aliphatic carbocycles. The van der Waals surface area contributed by atoms with E-state index in [0.717, 1.165) is 3.79 Å². The molecule has 0 saturated carbocycles. The van der Waals surface area contributed by atoms with E-state index in [-0.39, 0.29) is 5.91 Å². The van der Waals surface area contributed by atoms with Gasteiger partial charge >= 0.3 is 0 Å². The first-order chi connectivity index (χ1) is 9.62. The summed E-state index contributed by atoms with van der Waals surface area (Å²) in [6.07, 6.45) is 0. The topological polar surface area (TPSA) is 57.7 Å². The maximum Gasteiger partial charge on any atom is 0.252 e. The molecule has 1 aliphatic rings. The molecule has 5 nitrogen and oxygen atoms in total. The second-order valence-corrected chi connectivity index (χ2v) is 10.6. The van der Waals surface area contributed by atoms with Crippen molar-refractivity contribution in [1.82, 2.24) is 9.21 Å². The van der Waals surface area contributed by atoms with Crippen molar-refractivity contribution in [2.75, 3.05) is 26.2 Å². The Labute approximate surface area is 138 Å². The Bertz CT molecular complexity index is 626. The van der Waals surface area contributed by atoms with Gasteiger partial charge in [-0.15, -0.1) is 11.3 Å². The van der Waals surface area contributed by atoms with E-state index in [4.69, 9.17) is 0 Å². The van der Waals surface area contributed by atoms with Crippen LogP contribution in [0, 0.1) is 5.41 Å². The van der Waals surface area contributed by atoms with Crippen molar-refractivity contribution in [1.29, 1.82) is 0 Å². The molecule has 0 unspecified atom stereocenters. The Hall–Kier alpha value is -0.440. The second-order valence-electron chi connectivity index (χ2n) is 6.00. The van der Waals surface area contributed by atoms with Crippen molar-refractivity contribution in [2.45, 2.75) is 25.0 Å². The smallest absolute Gasteiger partial charge is 0.252 e. The number of sulfonamides is 1. The highest BCUT2D eigenvalue weighted by atomic mass is 79.9. The quantitative estimate of drug-likeness (QED) is 0.773. The van der Waals surface area contributed by atoms with Gasteiger partial charge in [-0.3, -0.25) is 4.79 Å². The SMILES string of the molecule is CC(C)(C)C(=O)N1CCN(S(=O)(=O)c2ccc(Br)s2)CC1. The van der Waals surface area contributed by atoms with Crippen molar-refractivity contribution in [3.8, 4) is 0 Å². The number of carbonyl (C=O) groups excluding carboxylic acids is 1. The van der Waals surface area contributed by atoms with Crippen LogP contribution in [0.2, 0.25) is 0 Å². The third-order valence-corrected chi connectivity index (χ3v) is 7.30. The molecule has 0 atom stereocenters. The monoisotopic (exact) mass is 394 g/mol. The van der Waals surface area contributed by atoms with Crippen molar-refractivity contribution in [3.63, 3.8) is 0 Å². The molecule has 1 amide bonds. The van der Waals surface area contributed by atoms with Crippen LogP contribution in [0.5, 0.6) is 0 Å². The summed E-state index contributed by atoms with van der Waals surface area (Å²) in [5.41, 5.74) is -0.431. The first kappa shape index (κ1) is 16.9. The molecule has 0 aromatic carbocycles. The zero-order chi connectivity index (χ0) is 15.8. The molecule has 2 rings (SSSR count). The summed E-state index contributed by atoms with van der Waals surface area (Å²) >= 11 is 4.49. The molecular formula is C13H19BrN2O3S2. The molecule has 1 fully saturated rings. The first-order valence-corrected chi connectivity index (χ1v) is 9.72. The second kappa shape index (κ2) is 5.98. The maximum atomic E-state index is 12.5. The Morgan fingerprint density at radius 3 is 2.19 bits per heavy atom. The zero-order valence-corrected chi connectivity index (χ0v) is 15.5. The molecular weight excluding hydrogens is 376 g/mol. The fourth-order valence-corrected chi connectivity index (χ4v) is 5.76. The third kappa shape index (κ3) is 3.67. The Morgan fingerprint density at radius 2 is 1.76 bits per heavy atom. The lowest BCUT2D eigenvalue weighted by molar-refractivity contribution is -0.140. The first-order valence-electron chi connectivity index (χ1n) is 6.67. The molecule has 1 aromatic heterocycles. The van der Waals surface area contributed by atoms with Gasteiger partial charge in [0.2, 0.25) is 5.91 Å². The number of thiophene rings is 1. The molecule has 0 N–H and O–H groups in total. The minimum atomic E-state index is -3.44. The van der Waals surface area contributed by atoms with E-state index in [1.807, 2.05) is 20.8 Å². The number of nitrogens with zero attached hydrogens (tertiary/aromatic N) is 2. The van der Waals surface area contributed by atoms with Crippen LogP contribution in [0.15, 0.2) is 20.1 Å². The minimum Gasteiger partial charge on any atom is -0.340 e. The van der Waals surface area contributed by atoms with Gasteiger partial charge in [0.15, 0.2) is 0 Å². The largest absolute Gasteiger partial charge is 0.340 e. The van der Waals surface area contributed by atoms with Gasteiger partial charge in [-0.05, 0) is 28.1 Å². The summed E-state index contributed by atoms with van der Waals surface area (Å²) in [5, 5.41) is 0. The Kier molecular flexibility index (Phi) is 4.82. The maximum absolute atomic E-state index is 12.5. The van der Waals surface area contributed by atoms with Gasteiger partial charge in [-0.1, -0.05) is 20.8 Å². The number of carbonyl (C=O) groups is 1. The molecule has 1 saturated heterocycles. The highest BCUT2D eigenvalue weighted by Crippen LogP contribution is 2.29. The Morgan fingerprint density at radius 1 is 1.19 bits per heavy atom. The van der Waals surface area contributed by atoms with Gasteiger partial charge in [0.05, 0.1) is 3.79 Å². The average molecular weight is 395 g/mol. The predicted octanol–water partition coefficient (Wildman–Crippen LogP) is 2.39. The highest BCUT2D eigenvalue weighted by molar-refractivity contribution is 9.11. The van der Waals surface area contributed by atoms with Gasteiger partial charge in [0.25, 0.3) is 10.0 Å². The van der Waals surface area contributed by atoms with Gasteiger partial charge in [-0.25, -0.2) is 8.42 Å². The summed E-state index contributed by atoms with van der Waals surface area (Å²) in [6.45, 7) is 7.22. The van der Waals surface area contributed by atoms with Crippen LogP contribution >= 0.6 is 27.3 Å². The molecule has 0 bridgehead atoms. The van der Waals surface area contributed by atoms with Crippen LogP contribution in [0.3, 0.4) is 0 Å². The van der Waals surface area contributed by atoms with Crippen LogP contribution in [-0.4, -0.2) is 49.7 Å². The van der Waals surface area contributed by atoms with Crippen molar-refractivity contribution in [2.24, 2.45) is 5.41 Å². The lowest BCUT2D eigenvalue weighted by Crippen LogP contribution is -2.52. The van der Waals surface area contributed by atoms with Crippen molar-refractivity contribution >= 4 is 43.2 Å². The number of hydrogen-bond acceptors (Lipinski definition) is 4. The van der Waals surface area contributed by atoms with Crippen molar-refractivity contribution in [3.05, 3.63) is 15.9 Å². The van der Waals surface area contributed by atoms with Crippen LogP contribution in [0.4, 0.5) is 0 Å². The summed E-state index contributed by atoms with van der Waals surface area (Å²) in [6, 6.07) is 3.34. The van der Waals surface area contributed by atoms with Crippen LogP contribution < -0.4 is 0 Å². The zero-order valence-electron chi connectivity index (χ0n) is 12.3. The van der Waals surface area contributed by atoms with Crippen LogP contribution in [-0.2, 0) is 14.8 Å². The number of halogens is 1. The summed E-state index contributed by atoms with van der Waals surface area (Å²) < 4.78 is 27.6. The van der Waals surface area contributed by atoms with Gasteiger partial charge in [-0.2, -0.15) is 4.31 Å². The normalized spacial score (nSPS) is 18.0. The standard InChI is InChI=1S/C13H19BrN2O3S2/c1-13(2,3)12(17)15-6-8-16(9-7-15)21(18,19)11-5-4-10(14)20-11/h4-5H,6-9H2,1-3H3. The summed E-state index contributed by atoms with van der Waals surface area (Å²) in [7, 11) is -3.44. The third-order valence-electron chi connectivity index (χ3n) is 3.31. The minimum absolute atomic E-state index is 0.0680. The molecule has 8 heteroatoms. The lowest BCUT2D eigenvalue weighted by atomic mass is 9.94. The van der Waals surface area contributed by atoms with E-state index in [0.29, 0.717) is 30.4 Å². The number of piperazine rings is 1. The predicted molar refractivity (Wildman–Crippen MR) is 86.8 cm³/mol. The molecule has 0 spiro atoms. The summed E-state index contributed by atoms with van der Waals surface area (Å²) in [5.74, 6) is 0.0680. The number of hydrogen-bond donors (Lipinski definition) is 0. The molecule has 0 radical (unpaired) electrons. The van der Waals surface area contributed by atoms with Crippen LogP contribution in [0.1, 0.15) is 20.8 Å². The Balaban J connectivity index is 2.06. The van der Waals surface area contributed by atoms with E-state index < -0.39 is 15.4 Å². The molecule has 1 aromatic rings. The average Bonchev–Trinajstić information content (AvgIpc) is 2.84. The molecule has 118 valence electrons. The molecule has 21 heavy (non-hydrogen) atoms. The number of amides is 1. The summed E-state index contributed by atoms with van der Waals surface area (Å²) in [4.78, 5) is 13.9. The number of rotatable bonds is 2. The van der Waals surface area contributed by atoms with Gasteiger partial charge < -0.3 is 4.90 Å². The fourth-order valence-electron chi connectivity index (χ4n) is 2.17. The molecule has 1 aliphatic heterocycles. The van der Waals surface area contributed by atoms with E-state index in [2.05, 4.69) is 15.9 Å². The van der Waals surface area contributed by atoms with Crippen molar-refractivity contribution < 1.29 is 13.2 Å². The van der Waals surface area contributed by atoms with Gasteiger partial charge in [0, 0.05) is 31.6 Å². The van der Waals surface area contributed by atoms with E-state index in [9.17, 15) is 13.2 Å².